The van der Waals surface area contributed by atoms with Crippen molar-refractivity contribution in [3.05, 3.63) is 247 Å². The van der Waals surface area contributed by atoms with Crippen LogP contribution in [0.15, 0.2) is 224 Å². The van der Waals surface area contributed by atoms with Gasteiger partial charge in [-0.15, -0.1) is 0 Å². The average Bonchev–Trinajstić information content (AvgIpc) is 3.66. The van der Waals surface area contributed by atoms with Gasteiger partial charge in [-0.1, -0.05) is 194 Å². The molecule has 1 aliphatic carbocycles. The van der Waals surface area contributed by atoms with Crippen molar-refractivity contribution in [1.29, 1.82) is 0 Å². The van der Waals surface area contributed by atoms with E-state index in [9.17, 15) is 0 Å². The van der Waals surface area contributed by atoms with Crippen LogP contribution in [-0.4, -0.2) is 15.0 Å². The standard InChI is InChI=1S/C60H37N3O/c1-3-15-40(16-4-1)54-37-55(63-59(62-54)43-17-5-2-6-18-43)41-31-27-38(28-32-41)39-29-33-42(34-30-39)58-48-36-57-52(35-47(48)46-21-9-13-25-53(46)61-58)60(51-24-12-14-26-56(51)64-57)49-22-10-7-19-44(49)45-20-8-11-23-50(45)60/h1-37H. The topological polar surface area (TPSA) is 47.9 Å². The molecule has 3 heterocycles. The van der Waals surface area contributed by atoms with Crippen LogP contribution >= 0.6 is 0 Å². The Labute approximate surface area is 370 Å². The minimum absolute atomic E-state index is 0.547. The van der Waals surface area contributed by atoms with E-state index in [0.717, 1.165) is 94.8 Å². The van der Waals surface area contributed by atoms with Crippen LogP contribution in [0.4, 0.5) is 0 Å². The molecule has 1 aliphatic heterocycles. The van der Waals surface area contributed by atoms with Gasteiger partial charge in [0.2, 0.25) is 0 Å². The number of rotatable bonds is 5. The third kappa shape index (κ3) is 5.52. The summed E-state index contributed by atoms with van der Waals surface area (Å²) in [4.78, 5) is 15.4. The minimum atomic E-state index is -0.547. The first-order chi connectivity index (χ1) is 31.7. The van der Waals surface area contributed by atoms with E-state index < -0.39 is 5.41 Å². The summed E-state index contributed by atoms with van der Waals surface area (Å²) in [5, 5.41) is 3.32. The van der Waals surface area contributed by atoms with Gasteiger partial charge in [0.05, 0.1) is 28.0 Å². The van der Waals surface area contributed by atoms with E-state index in [1.54, 1.807) is 0 Å². The van der Waals surface area contributed by atoms with E-state index in [1.165, 1.54) is 22.3 Å². The van der Waals surface area contributed by atoms with Crippen LogP contribution in [0.2, 0.25) is 0 Å². The van der Waals surface area contributed by atoms with Gasteiger partial charge in [-0.05, 0) is 69.1 Å². The molecule has 2 aliphatic rings. The van der Waals surface area contributed by atoms with Crippen molar-refractivity contribution < 1.29 is 4.74 Å². The largest absolute Gasteiger partial charge is 0.457 e. The number of benzene rings is 9. The molecular formula is C60H37N3O. The fourth-order valence-corrected chi connectivity index (χ4v) is 10.2. The Morgan fingerprint density at radius 2 is 0.828 bits per heavy atom. The van der Waals surface area contributed by atoms with Gasteiger partial charge in [0, 0.05) is 44.2 Å². The van der Waals surface area contributed by atoms with Crippen molar-refractivity contribution in [3.8, 4) is 78.9 Å². The Kier molecular flexibility index (Phi) is 8.09. The molecule has 13 rings (SSSR count). The molecule has 1 spiro atoms. The molecule has 0 atom stereocenters. The van der Waals surface area contributed by atoms with E-state index in [-0.39, 0.29) is 0 Å². The van der Waals surface area contributed by atoms with Crippen molar-refractivity contribution >= 4 is 21.7 Å². The van der Waals surface area contributed by atoms with E-state index in [2.05, 4.69) is 188 Å². The Bertz CT molecular complexity index is 3520. The number of fused-ring (bicyclic) bond motifs is 12. The van der Waals surface area contributed by atoms with Crippen molar-refractivity contribution in [2.75, 3.05) is 0 Å². The zero-order valence-corrected chi connectivity index (χ0v) is 34.6. The van der Waals surface area contributed by atoms with Gasteiger partial charge in [0.1, 0.15) is 11.5 Å². The molecule has 11 aromatic rings. The summed E-state index contributed by atoms with van der Waals surface area (Å²) >= 11 is 0. The van der Waals surface area contributed by atoms with Crippen LogP contribution < -0.4 is 4.74 Å². The predicted octanol–water partition coefficient (Wildman–Crippen LogP) is 15.0. The van der Waals surface area contributed by atoms with Crippen molar-refractivity contribution in [2.24, 2.45) is 0 Å². The SMILES string of the molecule is c1ccc(-c2cc(-c3ccc(-c4ccc(-c5nc6ccccc6c6cc7c(cc56)Oc5ccccc5C75c6ccccc6-c6ccccc65)cc4)cc3)nc(-c3ccccc3)n2)cc1. The second-order valence-corrected chi connectivity index (χ2v) is 16.7. The first-order valence-corrected chi connectivity index (χ1v) is 21.8. The summed E-state index contributed by atoms with van der Waals surface area (Å²) in [5.41, 5.74) is 16.9. The average molecular weight is 816 g/mol. The fourth-order valence-electron chi connectivity index (χ4n) is 10.2. The molecular weight excluding hydrogens is 779 g/mol. The number of nitrogens with zero attached hydrogens (tertiary/aromatic N) is 3. The number of ether oxygens (including phenoxy) is 1. The lowest BCUT2D eigenvalue weighted by Gasteiger charge is -2.39. The van der Waals surface area contributed by atoms with Gasteiger partial charge in [-0.2, -0.15) is 0 Å². The molecule has 0 bridgehead atoms. The Morgan fingerprint density at radius 1 is 0.312 bits per heavy atom. The molecule has 0 fully saturated rings. The molecule has 4 nitrogen and oxygen atoms in total. The lowest BCUT2D eigenvalue weighted by atomic mass is 9.65. The third-order valence-electron chi connectivity index (χ3n) is 13.2. The normalized spacial score (nSPS) is 12.9. The summed E-state index contributed by atoms with van der Waals surface area (Å²) in [5.74, 6) is 2.43. The highest BCUT2D eigenvalue weighted by atomic mass is 16.5. The Hall–Kier alpha value is -8.47. The molecule has 9 aromatic carbocycles. The summed E-state index contributed by atoms with van der Waals surface area (Å²) in [6.45, 7) is 0. The lowest BCUT2D eigenvalue weighted by Crippen LogP contribution is -2.32. The summed E-state index contributed by atoms with van der Waals surface area (Å²) in [6.07, 6.45) is 0. The van der Waals surface area contributed by atoms with Crippen LogP contribution in [0.25, 0.3) is 89.1 Å². The fraction of sp³-hybridized carbons (Fsp3) is 0.0167. The van der Waals surface area contributed by atoms with Crippen molar-refractivity contribution in [1.82, 2.24) is 15.0 Å². The maximum absolute atomic E-state index is 6.95. The highest BCUT2D eigenvalue weighted by Gasteiger charge is 2.51. The first kappa shape index (κ1) is 36.2. The van der Waals surface area contributed by atoms with Gasteiger partial charge in [-0.25, -0.2) is 15.0 Å². The van der Waals surface area contributed by atoms with Gasteiger partial charge in [0.25, 0.3) is 0 Å². The number of pyridine rings is 1. The maximum Gasteiger partial charge on any atom is 0.160 e. The molecule has 4 heteroatoms. The molecule has 0 radical (unpaired) electrons. The predicted molar refractivity (Wildman–Crippen MR) is 259 cm³/mol. The van der Waals surface area contributed by atoms with E-state index in [0.29, 0.717) is 5.82 Å². The van der Waals surface area contributed by atoms with Crippen LogP contribution in [0.5, 0.6) is 11.5 Å². The van der Waals surface area contributed by atoms with Crippen molar-refractivity contribution in [3.63, 3.8) is 0 Å². The molecule has 0 N–H and O–H groups in total. The molecule has 0 saturated heterocycles. The smallest absolute Gasteiger partial charge is 0.160 e. The maximum atomic E-state index is 6.95. The number of hydrogen-bond acceptors (Lipinski definition) is 4. The van der Waals surface area contributed by atoms with Crippen LogP contribution in [0.3, 0.4) is 0 Å². The van der Waals surface area contributed by atoms with Gasteiger partial charge < -0.3 is 4.74 Å². The van der Waals surface area contributed by atoms with E-state index >= 15 is 0 Å². The minimum Gasteiger partial charge on any atom is -0.457 e. The summed E-state index contributed by atoms with van der Waals surface area (Å²) in [6, 6.07) is 79.5. The molecule has 298 valence electrons. The zero-order valence-electron chi connectivity index (χ0n) is 34.6. The molecule has 64 heavy (non-hydrogen) atoms. The van der Waals surface area contributed by atoms with E-state index in [4.69, 9.17) is 19.7 Å². The zero-order chi connectivity index (χ0) is 42.2. The van der Waals surface area contributed by atoms with Crippen LogP contribution in [0, 0.1) is 0 Å². The summed E-state index contributed by atoms with van der Waals surface area (Å²) < 4.78 is 6.95. The highest BCUT2D eigenvalue weighted by Crippen LogP contribution is 2.62. The van der Waals surface area contributed by atoms with Crippen LogP contribution in [-0.2, 0) is 5.41 Å². The summed E-state index contributed by atoms with van der Waals surface area (Å²) in [7, 11) is 0. The van der Waals surface area contributed by atoms with Gasteiger partial charge >= 0.3 is 0 Å². The number of para-hydroxylation sites is 2. The van der Waals surface area contributed by atoms with Gasteiger partial charge in [-0.3, -0.25) is 0 Å². The molecule has 0 unspecified atom stereocenters. The highest BCUT2D eigenvalue weighted by molar-refractivity contribution is 6.12. The van der Waals surface area contributed by atoms with Gasteiger partial charge in [0.15, 0.2) is 5.82 Å². The number of aromatic nitrogens is 3. The first-order valence-electron chi connectivity index (χ1n) is 21.8. The lowest BCUT2D eigenvalue weighted by molar-refractivity contribution is 0.437. The van der Waals surface area contributed by atoms with Crippen molar-refractivity contribution in [2.45, 2.75) is 5.41 Å². The monoisotopic (exact) mass is 815 g/mol. The van der Waals surface area contributed by atoms with E-state index in [1.807, 2.05) is 36.4 Å². The number of hydrogen-bond donors (Lipinski definition) is 0. The molecule has 2 aromatic heterocycles. The Balaban J connectivity index is 0.915. The van der Waals surface area contributed by atoms with Crippen LogP contribution in [0.1, 0.15) is 22.3 Å². The second-order valence-electron chi connectivity index (χ2n) is 16.7. The molecule has 0 saturated carbocycles. The third-order valence-corrected chi connectivity index (χ3v) is 13.2. The molecule has 0 amide bonds. The Morgan fingerprint density at radius 3 is 1.50 bits per heavy atom. The quantitative estimate of drug-likeness (QED) is 0.162. The second kappa shape index (κ2) is 14.3.